The molecule has 2 rings (SSSR count). The second-order valence-corrected chi connectivity index (χ2v) is 4.92. The summed E-state index contributed by atoms with van der Waals surface area (Å²) in [5, 5.41) is 3.27. The van der Waals surface area contributed by atoms with Crippen LogP contribution in [-0.2, 0) is 0 Å². The highest BCUT2D eigenvalue weighted by Crippen LogP contribution is 2.29. The molecule has 5 nitrogen and oxygen atoms in total. The van der Waals surface area contributed by atoms with Crippen molar-refractivity contribution in [2.75, 3.05) is 18.2 Å². The van der Waals surface area contributed by atoms with E-state index in [-0.39, 0.29) is 5.92 Å². The third kappa shape index (κ3) is 2.82. The lowest BCUT2D eigenvalue weighted by atomic mass is 10.2. The molecule has 1 aromatic carbocycles. The fourth-order valence-corrected chi connectivity index (χ4v) is 1.81. The summed E-state index contributed by atoms with van der Waals surface area (Å²) in [5.74, 6) is 2.92. The molecule has 1 aromatic heterocycles. The Morgan fingerprint density at radius 3 is 2.55 bits per heavy atom. The summed E-state index contributed by atoms with van der Waals surface area (Å²) in [6, 6.07) is 7.69. The lowest BCUT2D eigenvalue weighted by Crippen LogP contribution is -2.08. The summed E-state index contributed by atoms with van der Waals surface area (Å²) in [4.78, 5) is 8.86. The van der Waals surface area contributed by atoms with E-state index in [1.165, 1.54) is 0 Å². The molecule has 0 radical (unpaired) electrons. The lowest BCUT2D eigenvalue weighted by molar-refractivity contribution is 0.417. The van der Waals surface area contributed by atoms with Crippen molar-refractivity contribution in [2.45, 2.75) is 26.7 Å². The molecule has 1 heterocycles. The van der Waals surface area contributed by atoms with Crippen LogP contribution in [0.5, 0.6) is 5.75 Å². The van der Waals surface area contributed by atoms with Crippen molar-refractivity contribution in [1.82, 2.24) is 9.97 Å². The van der Waals surface area contributed by atoms with E-state index in [1.54, 1.807) is 7.11 Å². The lowest BCUT2D eigenvalue weighted by Gasteiger charge is -2.15. The molecule has 3 N–H and O–H groups in total. The van der Waals surface area contributed by atoms with Crippen molar-refractivity contribution in [2.24, 2.45) is 0 Å². The van der Waals surface area contributed by atoms with E-state index in [1.807, 2.05) is 45.0 Å². The second-order valence-electron chi connectivity index (χ2n) is 4.92. The van der Waals surface area contributed by atoms with Crippen molar-refractivity contribution >= 4 is 17.3 Å². The Balaban J connectivity index is 2.42. The van der Waals surface area contributed by atoms with Gasteiger partial charge >= 0.3 is 0 Å². The average molecular weight is 272 g/mol. The first kappa shape index (κ1) is 14.1. The van der Waals surface area contributed by atoms with Gasteiger partial charge in [0.25, 0.3) is 0 Å². The summed E-state index contributed by atoms with van der Waals surface area (Å²) < 4.78 is 5.33. The second kappa shape index (κ2) is 5.77. The molecule has 0 atom stereocenters. The highest BCUT2D eigenvalue weighted by molar-refractivity contribution is 5.68. The number of rotatable bonds is 4. The zero-order valence-corrected chi connectivity index (χ0v) is 12.3. The minimum atomic E-state index is 0.219. The Kier molecular flexibility index (Phi) is 4.08. The standard InChI is InChI=1S/C15H20N4O/c1-9(2)14-18-13(16)10(3)15(19-14)17-11-7-5-6-8-12(11)20-4/h5-9H,1-4H3,(H3,16,17,18,19). The van der Waals surface area contributed by atoms with Gasteiger partial charge in [-0.1, -0.05) is 26.0 Å². The number of para-hydroxylation sites is 2. The van der Waals surface area contributed by atoms with Gasteiger partial charge in [-0.2, -0.15) is 0 Å². The molecule has 0 saturated heterocycles. The molecule has 0 amide bonds. The first-order valence-electron chi connectivity index (χ1n) is 6.57. The molecule has 2 aromatic rings. The number of ether oxygens (including phenoxy) is 1. The van der Waals surface area contributed by atoms with Crippen molar-refractivity contribution in [3.8, 4) is 5.75 Å². The quantitative estimate of drug-likeness (QED) is 0.893. The van der Waals surface area contributed by atoms with Crippen LogP contribution in [0.2, 0.25) is 0 Å². The minimum absolute atomic E-state index is 0.219. The first-order chi connectivity index (χ1) is 9.52. The molecule has 0 aliphatic rings. The smallest absolute Gasteiger partial charge is 0.142 e. The van der Waals surface area contributed by atoms with Gasteiger partial charge in [-0.25, -0.2) is 9.97 Å². The van der Waals surface area contributed by atoms with Crippen LogP contribution < -0.4 is 15.8 Å². The summed E-state index contributed by atoms with van der Waals surface area (Å²) in [5.41, 5.74) is 7.65. The van der Waals surface area contributed by atoms with Gasteiger partial charge in [-0.3, -0.25) is 0 Å². The molecular weight excluding hydrogens is 252 g/mol. The number of nitrogen functional groups attached to an aromatic ring is 1. The normalized spacial score (nSPS) is 10.7. The monoisotopic (exact) mass is 272 g/mol. The van der Waals surface area contributed by atoms with E-state index in [0.29, 0.717) is 11.6 Å². The molecule has 0 fully saturated rings. The zero-order valence-electron chi connectivity index (χ0n) is 12.3. The summed E-state index contributed by atoms with van der Waals surface area (Å²) in [7, 11) is 1.64. The van der Waals surface area contributed by atoms with Crippen LogP contribution in [0.3, 0.4) is 0 Å². The van der Waals surface area contributed by atoms with Crippen LogP contribution in [0.4, 0.5) is 17.3 Å². The van der Waals surface area contributed by atoms with E-state index in [9.17, 15) is 0 Å². The number of aromatic nitrogens is 2. The molecule has 0 spiro atoms. The van der Waals surface area contributed by atoms with Crippen LogP contribution in [0.25, 0.3) is 0 Å². The third-order valence-electron chi connectivity index (χ3n) is 3.08. The number of nitrogens with one attached hydrogen (secondary N) is 1. The fraction of sp³-hybridized carbons (Fsp3) is 0.333. The van der Waals surface area contributed by atoms with Crippen molar-refractivity contribution in [1.29, 1.82) is 0 Å². The molecular formula is C15H20N4O. The number of nitrogens with zero attached hydrogens (tertiary/aromatic N) is 2. The molecule has 20 heavy (non-hydrogen) atoms. The Morgan fingerprint density at radius 1 is 1.20 bits per heavy atom. The molecule has 0 unspecified atom stereocenters. The Bertz CT molecular complexity index is 611. The zero-order chi connectivity index (χ0) is 14.7. The summed E-state index contributed by atoms with van der Waals surface area (Å²) >= 11 is 0. The number of benzene rings is 1. The molecule has 106 valence electrons. The predicted octanol–water partition coefficient (Wildman–Crippen LogP) is 3.24. The van der Waals surface area contributed by atoms with Crippen LogP contribution in [0.1, 0.15) is 31.2 Å². The predicted molar refractivity (Wildman–Crippen MR) is 81.5 cm³/mol. The maximum absolute atomic E-state index is 5.96. The summed E-state index contributed by atoms with van der Waals surface area (Å²) in [6.45, 7) is 5.98. The SMILES string of the molecule is COc1ccccc1Nc1nc(C(C)C)nc(N)c1C. The third-order valence-corrected chi connectivity index (χ3v) is 3.08. The topological polar surface area (TPSA) is 73.1 Å². The van der Waals surface area contributed by atoms with Gasteiger partial charge in [-0.15, -0.1) is 0 Å². The van der Waals surface area contributed by atoms with Crippen molar-refractivity contribution < 1.29 is 4.74 Å². The average Bonchev–Trinajstić information content (AvgIpc) is 2.44. The Labute approximate surface area is 119 Å². The number of methoxy groups -OCH3 is 1. The summed E-state index contributed by atoms with van der Waals surface area (Å²) in [6.07, 6.45) is 0. The highest BCUT2D eigenvalue weighted by atomic mass is 16.5. The number of anilines is 3. The van der Waals surface area contributed by atoms with Gasteiger partial charge in [0.15, 0.2) is 0 Å². The van der Waals surface area contributed by atoms with Gasteiger partial charge in [0.1, 0.15) is 23.2 Å². The number of hydrogen-bond acceptors (Lipinski definition) is 5. The van der Waals surface area contributed by atoms with E-state index in [2.05, 4.69) is 15.3 Å². The minimum Gasteiger partial charge on any atom is -0.495 e. The van der Waals surface area contributed by atoms with Gasteiger partial charge in [0.2, 0.25) is 0 Å². The number of nitrogens with two attached hydrogens (primary N) is 1. The van der Waals surface area contributed by atoms with E-state index in [0.717, 1.165) is 22.8 Å². The van der Waals surface area contributed by atoms with Crippen LogP contribution in [0.15, 0.2) is 24.3 Å². The van der Waals surface area contributed by atoms with E-state index >= 15 is 0 Å². The van der Waals surface area contributed by atoms with Crippen LogP contribution >= 0.6 is 0 Å². The largest absolute Gasteiger partial charge is 0.495 e. The maximum atomic E-state index is 5.96. The number of hydrogen-bond donors (Lipinski definition) is 2. The highest BCUT2D eigenvalue weighted by Gasteiger charge is 2.12. The van der Waals surface area contributed by atoms with Gasteiger partial charge in [0.05, 0.1) is 12.8 Å². The maximum Gasteiger partial charge on any atom is 0.142 e. The fourth-order valence-electron chi connectivity index (χ4n) is 1.81. The van der Waals surface area contributed by atoms with Gasteiger partial charge < -0.3 is 15.8 Å². The van der Waals surface area contributed by atoms with Crippen molar-refractivity contribution in [3.63, 3.8) is 0 Å². The molecule has 0 saturated carbocycles. The van der Waals surface area contributed by atoms with Gasteiger partial charge in [-0.05, 0) is 19.1 Å². The van der Waals surface area contributed by atoms with E-state index in [4.69, 9.17) is 10.5 Å². The van der Waals surface area contributed by atoms with Crippen LogP contribution in [0, 0.1) is 6.92 Å². The first-order valence-corrected chi connectivity index (χ1v) is 6.57. The van der Waals surface area contributed by atoms with Crippen molar-refractivity contribution in [3.05, 3.63) is 35.7 Å². The molecule has 5 heteroatoms. The Hall–Kier alpha value is -2.30. The Morgan fingerprint density at radius 2 is 1.90 bits per heavy atom. The van der Waals surface area contributed by atoms with E-state index < -0.39 is 0 Å². The van der Waals surface area contributed by atoms with Crippen LogP contribution in [-0.4, -0.2) is 17.1 Å². The van der Waals surface area contributed by atoms with Gasteiger partial charge in [0, 0.05) is 11.5 Å². The molecule has 0 aliphatic carbocycles. The molecule has 0 bridgehead atoms. The molecule has 0 aliphatic heterocycles.